The lowest BCUT2D eigenvalue weighted by Gasteiger charge is -2.39. The first-order valence-corrected chi connectivity index (χ1v) is 19.2. The third-order valence-corrected chi connectivity index (χ3v) is 10.9. The van der Waals surface area contributed by atoms with Crippen molar-refractivity contribution in [2.75, 3.05) is 25.0 Å². The first-order valence-electron chi connectivity index (χ1n) is 19.2. The van der Waals surface area contributed by atoms with E-state index in [9.17, 15) is 33.6 Å². The molecule has 4 saturated heterocycles. The molecular weight excluding hydrogens is 708 g/mol. The van der Waals surface area contributed by atoms with Gasteiger partial charge in [-0.3, -0.25) is 29.0 Å². The van der Waals surface area contributed by atoms with E-state index in [2.05, 4.69) is 26.3 Å². The van der Waals surface area contributed by atoms with Crippen LogP contribution in [0, 0.1) is 5.92 Å². The van der Waals surface area contributed by atoms with Crippen molar-refractivity contribution in [3.63, 3.8) is 0 Å². The third-order valence-electron chi connectivity index (χ3n) is 10.9. The number of pyridine rings is 1. The molecule has 1 aromatic heterocycles. The summed E-state index contributed by atoms with van der Waals surface area (Å²) in [5, 5.41) is 11.0. The van der Waals surface area contributed by atoms with Gasteiger partial charge in [0.15, 0.2) is 0 Å². The number of fused-ring (bicyclic) bond motifs is 3. The molecule has 4 aliphatic rings. The first kappa shape index (κ1) is 39.2. The number of carbonyl (C=O) groups excluding carboxylic acids is 7. The van der Waals surface area contributed by atoms with Crippen molar-refractivity contribution >= 4 is 47.2 Å². The molecule has 0 aliphatic carbocycles. The number of carbonyl (C=O) groups is 7. The molecule has 0 spiro atoms. The van der Waals surface area contributed by atoms with Gasteiger partial charge in [0, 0.05) is 44.1 Å². The van der Waals surface area contributed by atoms with Gasteiger partial charge in [-0.1, -0.05) is 37.3 Å². The summed E-state index contributed by atoms with van der Waals surface area (Å²) in [6.45, 7) is 5.72. The Hall–Kier alpha value is -5.54. The van der Waals surface area contributed by atoms with Crippen molar-refractivity contribution in [1.29, 1.82) is 0 Å². The Morgan fingerprint density at radius 1 is 0.836 bits per heavy atom. The number of aromatic nitrogens is 1. The Kier molecular flexibility index (Phi) is 12.3. The van der Waals surface area contributed by atoms with Gasteiger partial charge < -0.3 is 40.7 Å². The molecule has 0 saturated carbocycles. The van der Waals surface area contributed by atoms with Crippen LogP contribution in [0.4, 0.5) is 10.5 Å². The van der Waals surface area contributed by atoms with Crippen LogP contribution in [0.3, 0.4) is 0 Å². The third kappa shape index (κ3) is 9.06. The highest BCUT2D eigenvalue weighted by Gasteiger charge is 2.47. The Balaban J connectivity index is 1.32. The second-order valence-electron chi connectivity index (χ2n) is 15.0. The number of anilines is 1. The van der Waals surface area contributed by atoms with Gasteiger partial charge in [-0.2, -0.15) is 0 Å². The maximum Gasteiger partial charge on any atom is 0.329 e. The molecule has 4 aliphatic heterocycles. The van der Waals surface area contributed by atoms with Gasteiger partial charge >= 0.3 is 12.0 Å². The van der Waals surface area contributed by atoms with E-state index in [-0.39, 0.29) is 25.4 Å². The van der Waals surface area contributed by atoms with Crippen LogP contribution in [0.2, 0.25) is 0 Å². The number of hydrogen-bond donors (Lipinski definition) is 4. The second kappa shape index (κ2) is 17.3. The smallest absolute Gasteiger partial charge is 0.329 e. The molecule has 0 radical (unpaired) electrons. The van der Waals surface area contributed by atoms with Gasteiger partial charge in [0.25, 0.3) is 0 Å². The number of piperidine rings is 1. The number of urea groups is 1. The number of ether oxygens (including phenoxy) is 1. The average molecular weight is 759 g/mol. The normalized spacial score (nSPS) is 28.3. The van der Waals surface area contributed by atoms with E-state index < -0.39 is 83.9 Å². The van der Waals surface area contributed by atoms with Crippen molar-refractivity contribution < 1.29 is 38.3 Å². The van der Waals surface area contributed by atoms with Gasteiger partial charge in [0.2, 0.25) is 29.5 Å². The van der Waals surface area contributed by atoms with E-state index in [1.165, 1.54) is 34.0 Å². The van der Waals surface area contributed by atoms with Crippen LogP contribution in [0.5, 0.6) is 0 Å². The Labute approximate surface area is 320 Å². The molecule has 0 unspecified atom stereocenters. The number of cyclic esters (lactones) is 1. The molecule has 1 aromatic carbocycles. The highest BCUT2D eigenvalue weighted by Crippen LogP contribution is 2.28. The van der Waals surface area contributed by atoms with Gasteiger partial charge in [0.1, 0.15) is 42.4 Å². The Morgan fingerprint density at radius 2 is 1.53 bits per heavy atom. The van der Waals surface area contributed by atoms with E-state index in [0.717, 1.165) is 5.56 Å². The molecule has 294 valence electrons. The fourth-order valence-corrected chi connectivity index (χ4v) is 8.04. The number of nitrogens with zero attached hydrogens (tertiary/aromatic N) is 4. The minimum atomic E-state index is -1.47. The summed E-state index contributed by atoms with van der Waals surface area (Å²) in [5.41, 5.74) is 1.18. The number of amides is 7. The summed E-state index contributed by atoms with van der Waals surface area (Å²) >= 11 is 0. The molecule has 4 N–H and O–H groups in total. The summed E-state index contributed by atoms with van der Waals surface area (Å²) < 4.78 is 5.94. The monoisotopic (exact) mass is 758 g/mol. The number of benzene rings is 1. The summed E-state index contributed by atoms with van der Waals surface area (Å²) in [7, 11) is 0. The highest BCUT2D eigenvalue weighted by atomic mass is 16.5. The number of rotatable bonds is 6. The minimum absolute atomic E-state index is 0.0566. The number of esters is 1. The lowest BCUT2D eigenvalue weighted by atomic mass is 9.99. The molecule has 6 rings (SSSR count). The Morgan fingerprint density at radius 3 is 2.27 bits per heavy atom. The van der Waals surface area contributed by atoms with Crippen LogP contribution >= 0.6 is 0 Å². The van der Waals surface area contributed by atoms with Gasteiger partial charge in [-0.15, -0.1) is 0 Å². The molecule has 4 fully saturated rings. The molecule has 5 heterocycles. The van der Waals surface area contributed by atoms with Crippen LogP contribution in [0.25, 0.3) is 0 Å². The molecule has 2 aromatic rings. The average Bonchev–Trinajstić information content (AvgIpc) is 3.83. The second-order valence-corrected chi connectivity index (χ2v) is 15.0. The van der Waals surface area contributed by atoms with E-state index in [1.54, 1.807) is 43.3 Å². The lowest BCUT2D eigenvalue weighted by molar-refractivity contribution is -0.163. The van der Waals surface area contributed by atoms with E-state index in [1.807, 2.05) is 13.0 Å². The molecule has 0 bridgehead atoms. The highest BCUT2D eigenvalue weighted by molar-refractivity contribution is 5.98. The maximum absolute atomic E-state index is 14.7. The van der Waals surface area contributed by atoms with Crippen LogP contribution in [-0.2, 0) is 39.9 Å². The lowest BCUT2D eigenvalue weighted by Crippen LogP contribution is -2.63. The predicted molar refractivity (Wildman–Crippen MR) is 199 cm³/mol. The molecule has 16 heteroatoms. The Bertz CT molecular complexity index is 1760. The standard InChI is InChI=1S/C39H50N8O8/c1-23-20-31-38(53)55-25(3)32(44-33(48)28(21-26-10-5-4-6-11-26)43-39(54)42-27-14-16-40-17-15-27)37(52)46-19-9-13-30(46)36(51)45-18-8-7-12-29(45)34(49)41-24(2)35(50)47(31)22-23/h4-6,10-11,14-17,23-25,28-32H,7-9,12-13,18-22H2,1-3H3,(H,41,49)(H,44,48)(H2,40,42,43,54)/t23-,24+,25+,28+,29+,30+,31+,32+/m1/s1. The minimum Gasteiger partial charge on any atom is -0.458 e. The topological polar surface area (TPSA) is 199 Å². The predicted octanol–water partition coefficient (Wildman–Crippen LogP) is 1.36. The molecule has 55 heavy (non-hydrogen) atoms. The van der Waals surface area contributed by atoms with Gasteiger partial charge in [-0.25, -0.2) is 9.59 Å². The first-order chi connectivity index (χ1) is 26.4. The quantitative estimate of drug-likeness (QED) is 0.314. The van der Waals surface area contributed by atoms with Crippen molar-refractivity contribution in [3.05, 3.63) is 60.4 Å². The largest absolute Gasteiger partial charge is 0.458 e. The fourth-order valence-electron chi connectivity index (χ4n) is 8.04. The van der Waals surface area contributed by atoms with E-state index in [4.69, 9.17) is 4.74 Å². The number of hydrogen-bond acceptors (Lipinski definition) is 9. The van der Waals surface area contributed by atoms with Crippen molar-refractivity contribution in [2.45, 2.75) is 108 Å². The van der Waals surface area contributed by atoms with Crippen LogP contribution in [-0.4, -0.2) is 123 Å². The van der Waals surface area contributed by atoms with Crippen LogP contribution in [0.1, 0.15) is 64.9 Å². The number of nitrogens with one attached hydrogen (secondary N) is 4. The van der Waals surface area contributed by atoms with E-state index >= 15 is 0 Å². The fraction of sp³-hybridized carbons (Fsp3) is 0.538. The molecule has 7 amide bonds. The zero-order valence-corrected chi connectivity index (χ0v) is 31.4. The molecular formula is C39H50N8O8. The SMILES string of the molecule is C[C@@H]1C[C@H]2C(=O)O[C@@H](C)[C@H](NC(=O)[C@H](Cc3ccccc3)NC(=O)Nc3ccncc3)C(=O)N3CCC[C@H]3C(=O)N3CCCC[C@H]3C(=O)N[C@@H](C)C(=O)N2C1. The van der Waals surface area contributed by atoms with Crippen LogP contribution in [0.15, 0.2) is 54.9 Å². The molecule has 16 nitrogen and oxygen atoms in total. The van der Waals surface area contributed by atoms with E-state index in [0.29, 0.717) is 50.8 Å². The van der Waals surface area contributed by atoms with Gasteiger partial charge in [0.05, 0.1) is 0 Å². The van der Waals surface area contributed by atoms with Crippen molar-refractivity contribution in [1.82, 2.24) is 35.6 Å². The summed E-state index contributed by atoms with van der Waals surface area (Å²) in [4.78, 5) is 106. The zero-order valence-electron chi connectivity index (χ0n) is 31.4. The zero-order chi connectivity index (χ0) is 39.2. The van der Waals surface area contributed by atoms with Crippen molar-refractivity contribution in [3.8, 4) is 0 Å². The summed E-state index contributed by atoms with van der Waals surface area (Å²) in [5.74, 6) is -3.50. The maximum atomic E-state index is 14.7. The summed E-state index contributed by atoms with van der Waals surface area (Å²) in [6, 6.07) is 5.15. The van der Waals surface area contributed by atoms with Crippen LogP contribution < -0.4 is 21.3 Å². The summed E-state index contributed by atoms with van der Waals surface area (Å²) in [6.07, 6.45) is 4.74. The van der Waals surface area contributed by atoms with Gasteiger partial charge in [-0.05, 0) is 76.0 Å². The van der Waals surface area contributed by atoms with Crippen molar-refractivity contribution in [2.24, 2.45) is 5.92 Å². The molecule has 8 atom stereocenters.